The van der Waals surface area contributed by atoms with E-state index >= 15 is 0 Å². The summed E-state index contributed by atoms with van der Waals surface area (Å²) in [5.74, 6) is 1.24. The summed E-state index contributed by atoms with van der Waals surface area (Å²) in [7, 11) is 0. The highest BCUT2D eigenvalue weighted by molar-refractivity contribution is 7.16. The van der Waals surface area contributed by atoms with Crippen LogP contribution in [0.25, 0.3) is 16.3 Å². The van der Waals surface area contributed by atoms with Gasteiger partial charge < -0.3 is 10.1 Å². The summed E-state index contributed by atoms with van der Waals surface area (Å²) >= 11 is 1.58. The van der Waals surface area contributed by atoms with Crippen LogP contribution in [0.3, 0.4) is 0 Å². The third-order valence-electron chi connectivity index (χ3n) is 7.67. The number of thiazole rings is 1. The number of fused-ring (bicyclic) bond motifs is 1. The molecular formula is C26H30N4O3S. The Labute approximate surface area is 203 Å². The van der Waals surface area contributed by atoms with E-state index in [-0.39, 0.29) is 17.4 Å². The normalized spacial score (nSPS) is 33.3. The molecule has 2 N–H and O–H groups in total. The molecule has 0 radical (unpaired) electrons. The third-order valence-corrected chi connectivity index (χ3v) is 8.46. The minimum Gasteiger partial charge on any atom is -0.459 e. The lowest BCUT2D eigenvalue weighted by Gasteiger charge is -2.61. The summed E-state index contributed by atoms with van der Waals surface area (Å²) in [5.41, 5.74) is 2.96. The molecular weight excluding hydrogens is 448 g/mol. The molecule has 4 aliphatic carbocycles. The lowest BCUT2D eigenvalue weighted by atomic mass is 9.51. The number of nitrogens with one attached hydrogen (secondary N) is 2. The van der Waals surface area contributed by atoms with Gasteiger partial charge in [-0.25, -0.2) is 9.98 Å². The van der Waals surface area contributed by atoms with Crippen molar-refractivity contribution >= 4 is 45.5 Å². The van der Waals surface area contributed by atoms with Crippen LogP contribution < -0.4 is 10.6 Å². The molecule has 1 aromatic carbocycles. The van der Waals surface area contributed by atoms with Crippen LogP contribution in [-0.4, -0.2) is 34.0 Å². The Bertz CT molecular complexity index is 1240. The molecule has 0 spiro atoms. The number of carbonyl (C=O) groups is 2. The number of aromatic nitrogens is 1. The Morgan fingerprint density at radius 3 is 2.74 bits per heavy atom. The molecule has 178 valence electrons. The van der Waals surface area contributed by atoms with Crippen LogP contribution in [0.5, 0.6) is 0 Å². The number of guanidine groups is 1. The van der Waals surface area contributed by atoms with E-state index in [0.717, 1.165) is 47.9 Å². The van der Waals surface area contributed by atoms with Gasteiger partial charge in [0, 0.05) is 12.0 Å². The number of aliphatic imine (C=N–C) groups is 1. The Morgan fingerprint density at radius 1 is 1.24 bits per heavy atom. The molecule has 7 nitrogen and oxygen atoms in total. The fourth-order valence-corrected chi connectivity index (χ4v) is 7.42. The maximum Gasteiger partial charge on any atom is 0.311 e. The molecule has 1 amide bonds. The van der Waals surface area contributed by atoms with Gasteiger partial charge in [0.2, 0.25) is 5.96 Å². The predicted molar refractivity (Wildman–Crippen MR) is 132 cm³/mol. The molecule has 2 aromatic rings. The monoisotopic (exact) mass is 478 g/mol. The molecule has 2 heterocycles. The van der Waals surface area contributed by atoms with Gasteiger partial charge in [0.25, 0.3) is 5.91 Å². The molecule has 1 aliphatic heterocycles. The number of hydrogen-bond acceptors (Lipinski definition) is 7. The minimum atomic E-state index is -0.519. The number of benzene rings is 1. The summed E-state index contributed by atoms with van der Waals surface area (Å²) in [5, 5.41) is 6.53. The van der Waals surface area contributed by atoms with Gasteiger partial charge >= 0.3 is 5.97 Å². The molecule has 1 aromatic heterocycles. The van der Waals surface area contributed by atoms with E-state index in [2.05, 4.69) is 20.6 Å². The molecule has 2 unspecified atom stereocenters. The van der Waals surface area contributed by atoms with Gasteiger partial charge in [-0.2, -0.15) is 0 Å². The Hall–Kier alpha value is -2.74. The predicted octanol–water partition coefficient (Wildman–Crippen LogP) is 4.39. The second-order valence-corrected chi connectivity index (χ2v) is 12.6. The maximum atomic E-state index is 12.8. The fraction of sp³-hybridized carbons (Fsp3) is 0.538. The van der Waals surface area contributed by atoms with Crippen LogP contribution in [-0.2, 0) is 14.3 Å². The van der Waals surface area contributed by atoms with Crippen molar-refractivity contribution in [2.24, 2.45) is 22.2 Å². The van der Waals surface area contributed by atoms with Crippen molar-refractivity contribution in [3.8, 4) is 0 Å². The van der Waals surface area contributed by atoms with Gasteiger partial charge in [0.05, 0.1) is 21.1 Å². The Balaban J connectivity index is 1.24. The van der Waals surface area contributed by atoms with Gasteiger partial charge in [-0.15, -0.1) is 11.3 Å². The van der Waals surface area contributed by atoms with Crippen molar-refractivity contribution in [3.05, 3.63) is 35.0 Å². The minimum absolute atomic E-state index is 0.126. The van der Waals surface area contributed by atoms with Crippen LogP contribution in [0.1, 0.15) is 64.9 Å². The Morgan fingerprint density at radius 2 is 2.00 bits per heavy atom. The molecule has 4 bridgehead atoms. The van der Waals surface area contributed by atoms with Gasteiger partial charge in [0.15, 0.2) is 0 Å². The molecule has 7 rings (SSSR count). The van der Waals surface area contributed by atoms with Crippen molar-refractivity contribution in [2.45, 2.75) is 70.4 Å². The standard InChI is InChI=1S/C26H30N4O3S/c1-24(2,3)22(32)33-26-11-16-6-17(12-26)10-25(9-16,13-26)30-23-28-19(21(31)29-23)7-15-4-5-18-20(8-15)34-14-27-18/h4-5,7-8,14,16-17H,6,9-13H2,1-3H3,(H2,28,29,30,31)/b19-7-. The quantitative estimate of drug-likeness (QED) is 0.504. The van der Waals surface area contributed by atoms with E-state index < -0.39 is 11.0 Å². The largest absolute Gasteiger partial charge is 0.459 e. The highest BCUT2D eigenvalue weighted by Gasteiger charge is 2.60. The zero-order valence-corrected chi connectivity index (χ0v) is 20.6. The van der Waals surface area contributed by atoms with E-state index in [9.17, 15) is 9.59 Å². The topological polar surface area (TPSA) is 92.7 Å². The summed E-state index contributed by atoms with van der Waals surface area (Å²) in [6.07, 6.45) is 7.71. The highest BCUT2D eigenvalue weighted by Crippen LogP contribution is 2.59. The smallest absolute Gasteiger partial charge is 0.311 e. The van der Waals surface area contributed by atoms with Crippen LogP contribution >= 0.6 is 11.3 Å². The number of hydrogen-bond donors (Lipinski definition) is 2. The summed E-state index contributed by atoms with van der Waals surface area (Å²) in [4.78, 5) is 34.4. The van der Waals surface area contributed by atoms with Crippen molar-refractivity contribution in [2.75, 3.05) is 0 Å². The molecule has 0 saturated heterocycles. The first-order valence-corrected chi connectivity index (χ1v) is 13.0. The van der Waals surface area contributed by atoms with Crippen LogP contribution in [0, 0.1) is 17.3 Å². The number of rotatable bonds is 3. The number of esters is 1. The van der Waals surface area contributed by atoms with Crippen molar-refractivity contribution in [1.82, 2.24) is 15.6 Å². The highest BCUT2D eigenvalue weighted by atomic mass is 32.1. The number of ether oxygens (including phenoxy) is 1. The molecule has 4 fully saturated rings. The third kappa shape index (κ3) is 3.82. The average Bonchev–Trinajstić information content (AvgIpc) is 3.31. The molecule has 4 saturated carbocycles. The lowest BCUT2D eigenvalue weighted by molar-refractivity contribution is -0.198. The van der Waals surface area contributed by atoms with Crippen molar-refractivity contribution in [3.63, 3.8) is 0 Å². The van der Waals surface area contributed by atoms with Crippen molar-refractivity contribution < 1.29 is 14.3 Å². The second kappa shape index (κ2) is 7.38. The van der Waals surface area contributed by atoms with E-state index in [4.69, 9.17) is 4.74 Å². The number of amides is 1. The summed E-state index contributed by atoms with van der Waals surface area (Å²) in [6, 6.07) is 5.94. The van der Waals surface area contributed by atoms with Crippen LogP contribution in [0.4, 0.5) is 0 Å². The van der Waals surface area contributed by atoms with E-state index in [0.29, 0.717) is 23.5 Å². The molecule has 5 aliphatic rings. The SMILES string of the molecule is CC(C)(C)C(=O)OC12CC3CC(CC(NC4=N/C(=C\c5ccc6ncsc6c5)C(=O)N4)(C3)C1)C2. The van der Waals surface area contributed by atoms with Crippen molar-refractivity contribution in [1.29, 1.82) is 0 Å². The van der Waals surface area contributed by atoms with E-state index in [1.165, 1.54) is 6.42 Å². The average molecular weight is 479 g/mol. The van der Waals surface area contributed by atoms with Gasteiger partial charge in [0.1, 0.15) is 11.3 Å². The van der Waals surface area contributed by atoms with E-state index in [1.807, 2.05) is 50.6 Å². The molecule has 8 heteroatoms. The summed E-state index contributed by atoms with van der Waals surface area (Å²) < 4.78 is 7.31. The first-order valence-electron chi connectivity index (χ1n) is 12.1. The van der Waals surface area contributed by atoms with Crippen LogP contribution in [0.15, 0.2) is 34.4 Å². The van der Waals surface area contributed by atoms with Gasteiger partial charge in [-0.3, -0.25) is 14.9 Å². The van der Waals surface area contributed by atoms with Gasteiger partial charge in [-0.05, 0) is 88.5 Å². The first-order chi connectivity index (χ1) is 16.1. The van der Waals surface area contributed by atoms with Gasteiger partial charge in [-0.1, -0.05) is 6.07 Å². The molecule has 2 atom stereocenters. The molecule has 34 heavy (non-hydrogen) atoms. The maximum absolute atomic E-state index is 12.8. The zero-order chi connectivity index (χ0) is 23.7. The van der Waals surface area contributed by atoms with Crippen LogP contribution in [0.2, 0.25) is 0 Å². The fourth-order valence-electron chi connectivity index (χ4n) is 6.69. The summed E-state index contributed by atoms with van der Waals surface area (Å²) in [6.45, 7) is 5.73. The number of carbonyl (C=O) groups excluding carboxylic acids is 2. The lowest BCUT2D eigenvalue weighted by Crippen LogP contribution is -2.67. The van der Waals surface area contributed by atoms with E-state index in [1.54, 1.807) is 11.3 Å². The zero-order valence-electron chi connectivity index (χ0n) is 19.8. The Kier molecular flexibility index (Phi) is 4.72. The first kappa shape index (κ1) is 21.8. The second-order valence-electron chi connectivity index (χ2n) is 11.7. The number of nitrogens with zero attached hydrogens (tertiary/aromatic N) is 2.